The van der Waals surface area contributed by atoms with E-state index >= 15 is 0 Å². The lowest BCUT2D eigenvalue weighted by molar-refractivity contribution is -0.137. The summed E-state index contributed by atoms with van der Waals surface area (Å²) in [6, 6.07) is 0. The Balaban J connectivity index is 1.93. The molecule has 1 heterocycles. The third-order valence-electron chi connectivity index (χ3n) is 2.58. The van der Waals surface area contributed by atoms with Crippen molar-refractivity contribution in [3.8, 4) is 0 Å². The van der Waals surface area contributed by atoms with Gasteiger partial charge in [0.25, 0.3) is 0 Å². The zero-order chi connectivity index (χ0) is 10.7. The number of carboxylic acids is 1. The minimum absolute atomic E-state index is 0.232. The molecule has 3 nitrogen and oxygen atoms in total. The number of hydrogen-bond donors (Lipinski definition) is 1. The summed E-state index contributed by atoms with van der Waals surface area (Å²) in [5.41, 5.74) is 3.49. The lowest BCUT2D eigenvalue weighted by Crippen LogP contribution is -2.03. The third kappa shape index (κ3) is 2.24. The number of aliphatic carboxylic acids is 1. The van der Waals surface area contributed by atoms with Gasteiger partial charge >= 0.3 is 5.97 Å². The number of aliphatic imine (C=N–C) groups is 1. The Morgan fingerprint density at radius 3 is 3.20 bits per heavy atom. The Kier molecular flexibility index (Phi) is 2.81. The molecule has 2 rings (SSSR count). The van der Waals surface area contributed by atoms with Gasteiger partial charge < -0.3 is 5.11 Å². The molecule has 0 amide bonds. The minimum atomic E-state index is -0.729. The molecule has 0 spiro atoms. The third-order valence-corrected chi connectivity index (χ3v) is 2.58. The van der Waals surface area contributed by atoms with Crippen LogP contribution in [0.15, 0.2) is 40.6 Å². The van der Waals surface area contributed by atoms with Gasteiger partial charge in [-0.2, -0.15) is 0 Å². The van der Waals surface area contributed by atoms with Crippen molar-refractivity contribution < 1.29 is 9.90 Å². The van der Waals surface area contributed by atoms with Gasteiger partial charge in [0.15, 0.2) is 0 Å². The minimum Gasteiger partial charge on any atom is -0.481 e. The first kappa shape index (κ1) is 9.90. The Hall–Kier alpha value is -1.64. The summed E-state index contributed by atoms with van der Waals surface area (Å²) in [7, 11) is 0. The highest BCUT2D eigenvalue weighted by Gasteiger charge is 2.17. The van der Waals surface area contributed by atoms with Crippen LogP contribution < -0.4 is 0 Å². The average Bonchev–Trinajstić information content (AvgIpc) is 2.62. The van der Waals surface area contributed by atoms with Crippen molar-refractivity contribution in [1.82, 2.24) is 0 Å². The summed E-state index contributed by atoms with van der Waals surface area (Å²) in [4.78, 5) is 14.7. The monoisotopic (exact) mass is 203 g/mol. The van der Waals surface area contributed by atoms with Gasteiger partial charge in [0.2, 0.25) is 0 Å². The molecule has 0 fully saturated rings. The molecule has 0 radical (unpaired) electrons. The van der Waals surface area contributed by atoms with Crippen LogP contribution in [0.2, 0.25) is 0 Å². The van der Waals surface area contributed by atoms with Gasteiger partial charge in [-0.25, -0.2) is 0 Å². The molecule has 2 aliphatic rings. The second kappa shape index (κ2) is 4.26. The zero-order valence-corrected chi connectivity index (χ0v) is 8.44. The molecule has 1 aliphatic heterocycles. The summed E-state index contributed by atoms with van der Waals surface area (Å²) in [5, 5.41) is 8.55. The number of carbonyl (C=O) groups is 1. The fourth-order valence-corrected chi connectivity index (χ4v) is 1.82. The fourth-order valence-electron chi connectivity index (χ4n) is 1.82. The van der Waals surface area contributed by atoms with E-state index in [4.69, 9.17) is 5.11 Å². The van der Waals surface area contributed by atoms with Gasteiger partial charge in [-0.05, 0) is 18.4 Å². The summed E-state index contributed by atoms with van der Waals surface area (Å²) < 4.78 is 0. The van der Waals surface area contributed by atoms with Crippen molar-refractivity contribution in [1.29, 1.82) is 0 Å². The number of nitrogens with zero attached hydrogens (tertiary/aromatic N) is 1. The highest BCUT2D eigenvalue weighted by molar-refractivity contribution is 6.08. The van der Waals surface area contributed by atoms with Gasteiger partial charge in [0.05, 0.1) is 5.71 Å². The quantitative estimate of drug-likeness (QED) is 0.763. The van der Waals surface area contributed by atoms with Crippen molar-refractivity contribution in [2.75, 3.05) is 0 Å². The van der Waals surface area contributed by atoms with E-state index in [0.717, 1.165) is 18.6 Å². The largest absolute Gasteiger partial charge is 0.481 e. The number of allylic oxidation sites excluding steroid dienone is 5. The normalized spacial score (nSPS) is 18.0. The van der Waals surface area contributed by atoms with Crippen molar-refractivity contribution in [2.45, 2.75) is 25.7 Å². The van der Waals surface area contributed by atoms with E-state index in [0.29, 0.717) is 6.42 Å². The molecule has 0 aromatic rings. The molecule has 78 valence electrons. The molecule has 3 heteroatoms. The van der Waals surface area contributed by atoms with E-state index in [1.54, 1.807) is 0 Å². The van der Waals surface area contributed by atoms with E-state index in [1.807, 2.05) is 12.3 Å². The van der Waals surface area contributed by atoms with Crippen LogP contribution in [-0.2, 0) is 4.79 Å². The van der Waals surface area contributed by atoms with E-state index in [-0.39, 0.29) is 6.42 Å². The Morgan fingerprint density at radius 2 is 2.40 bits per heavy atom. The predicted octanol–water partition coefficient (Wildman–Crippen LogP) is 2.47. The SMILES string of the molecule is O=C(O)CCCC1=CN=C2CC=CC=C12. The first-order valence-corrected chi connectivity index (χ1v) is 5.12. The van der Waals surface area contributed by atoms with Crippen LogP contribution in [0.1, 0.15) is 25.7 Å². The first-order chi connectivity index (χ1) is 7.27. The van der Waals surface area contributed by atoms with Crippen molar-refractivity contribution >= 4 is 11.7 Å². The topological polar surface area (TPSA) is 49.7 Å². The lowest BCUT2D eigenvalue weighted by atomic mass is 9.94. The predicted molar refractivity (Wildman–Crippen MR) is 58.8 cm³/mol. The molecular formula is C12H13NO2. The Labute approximate surface area is 88.5 Å². The van der Waals surface area contributed by atoms with Crippen molar-refractivity contribution in [2.24, 2.45) is 4.99 Å². The van der Waals surface area contributed by atoms with E-state index < -0.39 is 5.97 Å². The molecule has 1 N–H and O–H groups in total. The molecule has 0 aromatic heterocycles. The summed E-state index contributed by atoms with van der Waals surface area (Å²) in [6.07, 6.45) is 10.7. The molecule has 0 saturated heterocycles. The van der Waals surface area contributed by atoms with Crippen LogP contribution in [0, 0.1) is 0 Å². The summed E-state index contributed by atoms with van der Waals surface area (Å²) in [6.45, 7) is 0. The molecule has 15 heavy (non-hydrogen) atoms. The van der Waals surface area contributed by atoms with Crippen LogP contribution in [0.4, 0.5) is 0 Å². The molecule has 1 aliphatic carbocycles. The molecule has 0 unspecified atom stereocenters. The average molecular weight is 203 g/mol. The first-order valence-electron chi connectivity index (χ1n) is 5.12. The number of rotatable bonds is 4. The second-order valence-corrected chi connectivity index (χ2v) is 3.69. The van der Waals surface area contributed by atoms with Crippen LogP contribution in [-0.4, -0.2) is 16.8 Å². The van der Waals surface area contributed by atoms with Gasteiger partial charge in [-0.15, -0.1) is 0 Å². The number of carboxylic acid groups (broad SMARTS) is 1. The highest BCUT2D eigenvalue weighted by atomic mass is 16.4. The van der Waals surface area contributed by atoms with E-state index in [9.17, 15) is 4.79 Å². The van der Waals surface area contributed by atoms with E-state index in [1.165, 1.54) is 11.1 Å². The number of fused-ring (bicyclic) bond motifs is 1. The fraction of sp³-hybridized carbons (Fsp3) is 0.333. The molecule has 0 saturated carbocycles. The Morgan fingerprint density at radius 1 is 1.53 bits per heavy atom. The summed E-state index contributed by atoms with van der Waals surface area (Å²) in [5.74, 6) is -0.729. The standard InChI is InChI=1S/C12H13NO2/c14-12(15)7-3-4-9-8-13-11-6-2-1-5-10(9)11/h1-2,5,8H,3-4,6-7H2,(H,14,15). The maximum atomic E-state index is 10.4. The van der Waals surface area contributed by atoms with Crippen LogP contribution in [0.25, 0.3) is 0 Å². The molecular weight excluding hydrogens is 190 g/mol. The van der Waals surface area contributed by atoms with Crippen LogP contribution >= 0.6 is 0 Å². The van der Waals surface area contributed by atoms with Gasteiger partial charge in [0, 0.05) is 24.6 Å². The van der Waals surface area contributed by atoms with Gasteiger partial charge in [0.1, 0.15) is 0 Å². The summed E-state index contributed by atoms with van der Waals surface area (Å²) >= 11 is 0. The van der Waals surface area contributed by atoms with Crippen molar-refractivity contribution in [3.63, 3.8) is 0 Å². The smallest absolute Gasteiger partial charge is 0.303 e. The maximum absolute atomic E-state index is 10.4. The van der Waals surface area contributed by atoms with Crippen LogP contribution in [0.5, 0.6) is 0 Å². The zero-order valence-electron chi connectivity index (χ0n) is 8.44. The second-order valence-electron chi connectivity index (χ2n) is 3.69. The maximum Gasteiger partial charge on any atom is 0.303 e. The van der Waals surface area contributed by atoms with E-state index in [2.05, 4.69) is 17.1 Å². The van der Waals surface area contributed by atoms with Crippen molar-refractivity contribution in [3.05, 3.63) is 35.6 Å². The number of hydrogen-bond acceptors (Lipinski definition) is 2. The molecule has 0 bridgehead atoms. The Bertz CT molecular complexity index is 400. The molecule has 0 atom stereocenters. The van der Waals surface area contributed by atoms with Gasteiger partial charge in [-0.3, -0.25) is 9.79 Å². The van der Waals surface area contributed by atoms with Crippen LogP contribution in [0.3, 0.4) is 0 Å². The molecule has 0 aromatic carbocycles. The van der Waals surface area contributed by atoms with Gasteiger partial charge in [-0.1, -0.05) is 18.2 Å². The lowest BCUT2D eigenvalue weighted by Gasteiger charge is -2.09. The highest BCUT2D eigenvalue weighted by Crippen LogP contribution is 2.27.